The number of carbonyl (C=O) groups is 2. The zero-order chi connectivity index (χ0) is 14.1. The van der Waals surface area contributed by atoms with Crippen LogP contribution < -0.4 is 5.73 Å². The predicted octanol–water partition coefficient (Wildman–Crippen LogP) is -0.892. The molecule has 0 aliphatic carbocycles. The molecule has 0 saturated carbocycles. The molecule has 0 fully saturated rings. The number of aliphatic hydroxyl groups excluding tert-OH is 1. The number of carbonyl (C=O) groups excluding carboxylic acids is 2. The maximum Gasteiger partial charge on any atom is 0.182 e. The van der Waals surface area contributed by atoms with Crippen molar-refractivity contribution < 1.29 is 28.9 Å². The fraction of sp³-hybridized carbons (Fsp3) is 0.818. The number of hydrogen-bond donors (Lipinski definition) is 2. The molecule has 0 aromatic carbocycles. The molecule has 0 amide bonds. The fourth-order valence-corrected chi connectivity index (χ4v) is 1.000. The summed E-state index contributed by atoms with van der Waals surface area (Å²) >= 11 is 0. The number of ether oxygens (including phenoxy) is 3. The average molecular weight is 265 g/mol. The lowest BCUT2D eigenvalue weighted by atomic mass is 10.2. The topological polar surface area (TPSA) is 108 Å². The molecule has 1 atom stereocenters. The summed E-state index contributed by atoms with van der Waals surface area (Å²) < 4.78 is 14.9. The number of rotatable bonds is 11. The van der Waals surface area contributed by atoms with Gasteiger partial charge in [0.2, 0.25) is 0 Å². The van der Waals surface area contributed by atoms with Gasteiger partial charge in [-0.25, -0.2) is 0 Å². The smallest absolute Gasteiger partial charge is 0.182 e. The second kappa shape index (κ2) is 18.5. The Morgan fingerprint density at radius 2 is 1.78 bits per heavy atom. The van der Waals surface area contributed by atoms with E-state index in [1.165, 1.54) is 0 Å². The summed E-state index contributed by atoms with van der Waals surface area (Å²) in [6, 6.07) is 0. The second-order valence-corrected chi connectivity index (χ2v) is 3.21. The van der Waals surface area contributed by atoms with Gasteiger partial charge in [-0.3, -0.25) is 9.59 Å². The van der Waals surface area contributed by atoms with E-state index in [1.807, 2.05) is 0 Å². The molecule has 0 rings (SSSR count). The molecule has 18 heavy (non-hydrogen) atoms. The molecular weight excluding hydrogens is 242 g/mol. The Labute approximate surface area is 107 Å². The summed E-state index contributed by atoms with van der Waals surface area (Å²) in [7, 11) is 1.57. The van der Waals surface area contributed by atoms with Gasteiger partial charge in [0, 0.05) is 13.7 Å². The molecule has 7 heteroatoms. The van der Waals surface area contributed by atoms with Crippen LogP contribution in [0.1, 0.15) is 12.8 Å². The van der Waals surface area contributed by atoms with Crippen LogP contribution in [0.4, 0.5) is 0 Å². The highest BCUT2D eigenvalue weighted by molar-refractivity contribution is 6.09. The lowest BCUT2D eigenvalue weighted by molar-refractivity contribution is -0.122. The maximum atomic E-state index is 9.27. The number of aldehydes is 2. The van der Waals surface area contributed by atoms with Crippen LogP contribution in [0.2, 0.25) is 0 Å². The first-order valence-corrected chi connectivity index (χ1v) is 5.64. The van der Waals surface area contributed by atoms with Gasteiger partial charge in [0.05, 0.1) is 32.7 Å². The van der Waals surface area contributed by atoms with Gasteiger partial charge in [0.1, 0.15) is 0 Å². The molecule has 1 unspecified atom stereocenters. The van der Waals surface area contributed by atoms with Gasteiger partial charge in [-0.15, -0.1) is 0 Å². The lowest BCUT2D eigenvalue weighted by Crippen LogP contribution is -2.15. The second-order valence-electron chi connectivity index (χ2n) is 3.21. The van der Waals surface area contributed by atoms with E-state index in [1.54, 1.807) is 7.11 Å². The van der Waals surface area contributed by atoms with Crippen molar-refractivity contribution in [1.29, 1.82) is 0 Å². The third-order valence-electron chi connectivity index (χ3n) is 1.73. The summed E-state index contributed by atoms with van der Waals surface area (Å²) in [5.41, 5.74) is 5.12. The Kier molecular flexibility index (Phi) is 20.0. The Morgan fingerprint density at radius 3 is 2.28 bits per heavy atom. The minimum Gasteiger partial charge on any atom is -0.391 e. The quantitative estimate of drug-likeness (QED) is 0.216. The van der Waals surface area contributed by atoms with E-state index in [-0.39, 0.29) is 25.4 Å². The zero-order valence-corrected chi connectivity index (χ0v) is 10.7. The summed E-state index contributed by atoms with van der Waals surface area (Å²) in [6.07, 6.45) is 1.53. The molecule has 3 N–H and O–H groups in total. The van der Waals surface area contributed by atoms with Gasteiger partial charge in [-0.2, -0.15) is 0 Å². The molecule has 108 valence electrons. The molecule has 0 aliphatic heterocycles. The van der Waals surface area contributed by atoms with Crippen molar-refractivity contribution in [2.75, 3.05) is 40.3 Å². The molecule has 7 nitrogen and oxygen atoms in total. The summed E-state index contributed by atoms with van der Waals surface area (Å²) in [4.78, 5) is 17.6. The summed E-state index contributed by atoms with van der Waals surface area (Å²) in [5.74, 6) is 0. The molecule has 0 aromatic rings. The van der Waals surface area contributed by atoms with Crippen LogP contribution >= 0.6 is 0 Å². The molecule has 0 aliphatic rings. The summed E-state index contributed by atoms with van der Waals surface area (Å²) in [5, 5.41) is 9.27. The van der Waals surface area contributed by atoms with Crippen LogP contribution in [0, 0.1) is 0 Å². The van der Waals surface area contributed by atoms with Crippen LogP contribution in [0.3, 0.4) is 0 Å². The van der Waals surface area contributed by atoms with E-state index >= 15 is 0 Å². The Balaban J connectivity index is 0. The van der Waals surface area contributed by atoms with Crippen LogP contribution in [-0.2, 0) is 23.8 Å². The molecule has 0 radical (unpaired) electrons. The van der Waals surface area contributed by atoms with Gasteiger partial charge in [0.15, 0.2) is 12.6 Å². The van der Waals surface area contributed by atoms with Crippen molar-refractivity contribution in [2.45, 2.75) is 18.9 Å². The molecule has 0 heterocycles. The van der Waals surface area contributed by atoms with Crippen molar-refractivity contribution in [3.05, 3.63) is 0 Å². The highest BCUT2D eigenvalue weighted by atomic mass is 16.5. The average Bonchev–Trinajstić information content (AvgIpc) is 2.38. The van der Waals surface area contributed by atoms with Crippen molar-refractivity contribution in [3.63, 3.8) is 0 Å². The van der Waals surface area contributed by atoms with Crippen LogP contribution in [0.5, 0.6) is 0 Å². The Morgan fingerprint density at radius 1 is 1.17 bits per heavy atom. The Hall–Kier alpha value is -0.860. The number of aliphatic hydroxyl groups is 1. The van der Waals surface area contributed by atoms with Crippen LogP contribution in [-0.4, -0.2) is 64.1 Å². The van der Waals surface area contributed by atoms with Crippen molar-refractivity contribution >= 4 is 12.6 Å². The molecular formula is C11H23NO6. The van der Waals surface area contributed by atoms with E-state index in [0.29, 0.717) is 32.8 Å². The fourth-order valence-electron chi connectivity index (χ4n) is 1.000. The highest BCUT2D eigenvalue weighted by Crippen LogP contribution is 1.97. The van der Waals surface area contributed by atoms with Gasteiger partial charge in [-0.05, 0) is 12.8 Å². The number of hydrogen-bond acceptors (Lipinski definition) is 7. The first kappa shape index (κ1) is 19.5. The van der Waals surface area contributed by atoms with E-state index in [2.05, 4.69) is 0 Å². The Bertz CT molecular complexity index is 173. The van der Waals surface area contributed by atoms with E-state index in [0.717, 1.165) is 6.42 Å². The zero-order valence-electron chi connectivity index (χ0n) is 10.7. The molecule has 0 spiro atoms. The standard InChI is InChI=1S/C9H21NO4.C2H2O2/c1-12-7-9(11)3-2-4-13-5-6-14-8-10;3-1-2-4/h9,11H,2-8,10H2,1H3;1-2H. The molecule has 0 bridgehead atoms. The van der Waals surface area contributed by atoms with Crippen molar-refractivity contribution in [2.24, 2.45) is 5.73 Å². The van der Waals surface area contributed by atoms with Crippen LogP contribution in [0.15, 0.2) is 0 Å². The van der Waals surface area contributed by atoms with Crippen molar-refractivity contribution in [1.82, 2.24) is 0 Å². The SMILES string of the molecule is COCC(O)CCCOCCOCN.O=CC=O. The van der Waals surface area contributed by atoms with Crippen molar-refractivity contribution in [3.8, 4) is 0 Å². The number of methoxy groups -OCH3 is 1. The first-order chi connectivity index (χ1) is 8.72. The first-order valence-electron chi connectivity index (χ1n) is 5.64. The van der Waals surface area contributed by atoms with Gasteiger partial charge in [0.25, 0.3) is 0 Å². The largest absolute Gasteiger partial charge is 0.391 e. The van der Waals surface area contributed by atoms with E-state index in [9.17, 15) is 5.11 Å². The predicted molar refractivity (Wildman–Crippen MR) is 65.1 cm³/mol. The van der Waals surface area contributed by atoms with Gasteiger partial charge >= 0.3 is 0 Å². The van der Waals surface area contributed by atoms with Gasteiger partial charge in [-0.1, -0.05) is 0 Å². The van der Waals surface area contributed by atoms with Crippen LogP contribution in [0.25, 0.3) is 0 Å². The molecule has 0 aromatic heterocycles. The summed E-state index contributed by atoms with van der Waals surface area (Å²) in [6.45, 7) is 2.33. The van der Waals surface area contributed by atoms with Gasteiger partial charge < -0.3 is 25.1 Å². The van der Waals surface area contributed by atoms with E-state index in [4.69, 9.17) is 29.5 Å². The minimum atomic E-state index is -0.385. The normalized spacial score (nSPS) is 11.3. The molecule has 0 saturated heterocycles. The van der Waals surface area contributed by atoms with E-state index < -0.39 is 0 Å². The third-order valence-corrected chi connectivity index (χ3v) is 1.73. The third kappa shape index (κ3) is 20.5. The minimum absolute atomic E-state index is 0.194. The number of nitrogens with two attached hydrogens (primary N) is 1. The highest BCUT2D eigenvalue weighted by Gasteiger charge is 2.01. The monoisotopic (exact) mass is 265 g/mol. The lowest BCUT2D eigenvalue weighted by Gasteiger charge is -2.09. The maximum absolute atomic E-state index is 9.27.